The van der Waals surface area contributed by atoms with Crippen molar-refractivity contribution in [1.82, 2.24) is 0 Å². The zero-order valence-electron chi connectivity index (χ0n) is 9.54. The Bertz CT molecular complexity index is 376. The van der Waals surface area contributed by atoms with Crippen LogP contribution in [0.5, 0.6) is 5.75 Å². The fourth-order valence-electron chi connectivity index (χ4n) is 2.00. The minimum atomic E-state index is 0.0905. The highest BCUT2D eigenvalue weighted by atomic mass is 79.9. The van der Waals surface area contributed by atoms with Gasteiger partial charge < -0.3 is 4.74 Å². The number of hydrogen-bond donors (Lipinski definition) is 0. The zero-order valence-corrected chi connectivity index (χ0v) is 11.9. The van der Waals surface area contributed by atoms with Crippen molar-refractivity contribution in [3.05, 3.63) is 28.2 Å². The summed E-state index contributed by atoms with van der Waals surface area (Å²) in [6, 6.07) is 6.00. The van der Waals surface area contributed by atoms with E-state index in [1.165, 1.54) is 18.4 Å². The number of benzene rings is 1. The van der Waals surface area contributed by atoms with Crippen LogP contribution in [0, 0.1) is 11.8 Å². The summed E-state index contributed by atoms with van der Waals surface area (Å²) < 4.78 is 6.22. The first kappa shape index (κ1) is 12.3. The molecule has 0 spiro atoms. The summed E-state index contributed by atoms with van der Waals surface area (Å²) in [4.78, 5) is 0. The monoisotopic (exact) mass is 302 g/mol. The van der Waals surface area contributed by atoms with Crippen molar-refractivity contribution < 1.29 is 4.74 Å². The van der Waals surface area contributed by atoms with Crippen molar-refractivity contribution in [1.29, 1.82) is 0 Å². The van der Waals surface area contributed by atoms with E-state index in [2.05, 4.69) is 28.9 Å². The van der Waals surface area contributed by atoms with Gasteiger partial charge in [0.05, 0.1) is 12.5 Å². The van der Waals surface area contributed by atoms with E-state index in [0.717, 1.165) is 16.1 Å². The SMILES string of the molecule is COc1ccc(C(Cl)C(C)C2CC2)c(Br)c1. The predicted octanol–water partition coefficient (Wildman–Crippen LogP) is 4.78. The van der Waals surface area contributed by atoms with Gasteiger partial charge in [-0.05, 0) is 42.4 Å². The van der Waals surface area contributed by atoms with Gasteiger partial charge in [0.2, 0.25) is 0 Å². The largest absolute Gasteiger partial charge is 0.497 e. The highest BCUT2D eigenvalue weighted by molar-refractivity contribution is 9.10. The average Bonchev–Trinajstić information content (AvgIpc) is 3.10. The Morgan fingerprint density at radius 1 is 1.44 bits per heavy atom. The molecular formula is C13H16BrClO. The number of halogens is 2. The first-order valence-electron chi connectivity index (χ1n) is 5.61. The lowest BCUT2D eigenvalue weighted by molar-refractivity contribution is 0.414. The van der Waals surface area contributed by atoms with Gasteiger partial charge in [0.1, 0.15) is 5.75 Å². The summed E-state index contributed by atoms with van der Waals surface area (Å²) >= 11 is 10.1. The molecule has 16 heavy (non-hydrogen) atoms. The van der Waals surface area contributed by atoms with E-state index in [9.17, 15) is 0 Å². The second-order valence-electron chi connectivity index (χ2n) is 4.49. The molecule has 2 unspecified atom stereocenters. The van der Waals surface area contributed by atoms with E-state index >= 15 is 0 Å². The standard InChI is InChI=1S/C13H16BrClO/c1-8(9-3-4-9)13(15)11-6-5-10(16-2)7-12(11)14/h5-9,13H,3-4H2,1-2H3. The van der Waals surface area contributed by atoms with Crippen LogP contribution in [0.2, 0.25) is 0 Å². The maximum absolute atomic E-state index is 6.52. The molecule has 2 rings (SSSR count). The highest BCUT2D eigenvalue weighted by Crippen LogP contribution is 2.46. The van der Waals surface area contributed by atoms with Gasteiger partial charge in [0.15, 0.2) is 0 Å². The summed E-state index contributed by atoms with van der Waals surface area (Å²) in [6.45, 7) is 2.24. The van der Waals surface area contributed by atoms with Crippen LogP contribution in [-0.4, -0.2) is 7.11 Å². The van der Waals surface area contributed by atoms with Crippen LogP contribution in [0.3, 0.4) is 0 Å². The second kappa shape index (κ2) is 4.97. The van der Waals surface area contributed by atoms with Crippen molar-refractivity contribution >= 4 is 27.5 Å². The Morgan fingerprint density at radius 2 is 2.12 bits per heavy atom. The molecule has 0 N–H and O–H groups in total. The molecule has 1 aromatic rings. The Labute approximate surface area is 110 Å². The molecule has 2 atom stereocenters. The Morgan fingerprint density at radius 3 is 2.62 bits per heavy atom. The number of ether oxygens (including phenoxy) is 1. The van der Waals surface area contributed by atoms with Crippen LogP contribution >= 0.6 is 27.5 Å². The smallest absolute Gasteiger partial charge is 0.120 e. The first-order chi connectivity index (χ1) is 7.63. The maximum Gasteiger partial charge on any atom is 0.120 e. The molecule has 1 aromatic carbocycles. The van der Waals surface area contributed by atoms with Gasteiger partial charge in [-0.2, -0.15) is 0 Å². The van der Waals surface area contributed by atoms with Crippen LogP contribution in [0.25, 0.3) is 0 Å². The molecule has 1 fully saturated rings. The van der Waals surface area contributed by atoms with Crippen molar-refractivity contribution in [3.63, 3.8) is 0 Å². The maximum atomic E-state index is 6.52. The van der Waals surface area contributed by atoms with Crippen molar-refractivity contribution in [3.8, 4) is 5.75 Å². The van der Waals surface area contributed by atoms with E-state index in [0.29, 0.717) is 5.92 Å². The number of rotatable bonds is 4. The topological polar surface area (TPSA) is 9.23 Å². The number of methoxy groups -OCH3 is 1. The minimum Gasteiger partial charge on any atom is -0.497 e. The molecule has 1 aliphatic rings. The van der Waals surface area contributed by atoms with Gasteiger partial charge in [-0.1, -0.05) is 28.9 Å². The van der Waals surface area contributed by atoms with Crippen LogP contribution < -0.4 is 4.74 Å². The third kappa shape index (κ3) is 2.54. The van der Waals surface area contributed by atoms with E-state index in [-0.39, 0.29) is 5.38 Å². The van der Waals surface area contributed by atoms with Crippen molar-refractivity contribution in [2.24, 2.45) is 11.8 Å². The van der Waals surface area contributed by atoms with Gasteiger partial charge in [0.25, 0.3) is 0 Å². The molecule has 0 heterocycles. The Balaban J connectivity index is 2.18. The van der Waals surface area contributed by atoms with E-state index < -0.39 is 0 Å². The molecule has 0 amide bonds. The average molecular weight is 304 g/mol. The molecular weight excluding hydrogens is 287 g/mol. The summed E-state index contributed by atoms with van der Waals surface area (Å²) in [5.74, 6) is 2.22. The van der Waals surface area contributed by atoms with E-state index in [4.69, 9.17) is 16.3 Å². The third-order valence-corrected chi connectivity index (χ3v) is 4.65. The molecule has 0 radical (unpaired) electrons. The summed E-state index contributed by atoms with van der Waals surface area (Å²) in [5.41, 5.74) is 1.17. The zero-order chi connectivity index (χ0) is 11.7. The lowest BCUT2D eigenvalue weighted by Gasteiger charge is -2.19. The summed E-state index contributed by atoms with van der Waals surface area (Å²) in [5, 5.41) is 0.0905. The second-order valence-corrected chi connectivity index (χ2v) is 5.81. The van der Waals surface area contributed by atoms with Gasteiger partial charge in [0, 0.05) is 4.47 Å². The Hall–Kier alpha value is -0.210. The predicted molar refractivity (Wildman–Crippen MR) is 71.2 cm³/mol. The van der Waals surface area contributed by atoms with Gasteiger partial charge in [-0.15, -0.1) is 11.6 Å². The fourth-order valence-corrected chi connectivity index (χ4v) is 3.13. The number of alkyl halides is 1. The normalized spacial score (nSPS) is 19.2. The lowest BCUT2D eigenvalue weighted by Crippen LogP contribution is -2.06. The molecule has 88 valence electrons. The molecule has 0 aliphatic heterocycles. The van der Waals surface area contributed by atoms with E-state index in [1.807, 2.05) is 12.1 Å². The molecule has 1 saturated carbocycles. The van der Waals surface area contributed by atoms with Crippen molar-refractivity contribution in [2.45, 2.75) is 25.1 Å². The molecule has 3 heteroatoms. The number of hydrogen-bond acceptors (Lipinski definition) is 1. The van der Waals surface area contributed by atoms with Crippen LogP contribution in [0.15, 0.2) is 22.7 Å². The van der Waals surface area contributed by atoms with Crippen LogP contribution in [0.4, 0.5) is 0 Å². The fraction of sp³-hybridized carbons (Fsp3) is 0.538. The van der Waals surface area contributed by atoms with Crippen LogP contribution in [-0.2, 0) is 0 Å². The molecule has 0 aromatic heterocycles. The lowest BCUT2D eigenvalue weighted by atomic mass is 9.96. The molecule has 1 nitrogen and oxygen atoms in total. The molecule has 0 bridgehead atoms. The molecule has 1 aliphatic carbocycles. The minimum absolute atomic E-state index is 0.0905. The third-order valence-electron chi connectivity index (χ3n) is 3.33. The van der Waals surface area contributed by atoms with Gasteiger partial charge in [-0.3, -0.25) is 0 Å². The quantitative estimate of drug-likeness (QED) is 0.727. The summed E-state index contributed by atoms with van der Waals surface area (Å²) in [6.07, 6.45) is 2.66. The summed E-state index contributed by atoms with van der Waals surface area (Å²) in [7, 11) is 1.67. The van der Waals surface area contributed by atoms with Gasteiger partial charge in [-0.25, -0.2) is 0 Å². The van der Waals surface area contributed by atoms with Crippen LogP contribution in [0.1, 0.15) is 30.7 Å². The highest BCUT2D eigenvalue weighted by Gasteiger charge is 2.33. The van der Waals surface area contributed by atoms with Gasteiger partial charge >= 0.3 is 0 Å². The molecule has 0 saturated heterocycles. The Kier molecular flexibility index (Phi) is 3.81. The van der Waals surface area contributed by atoms with E-state index in [1.54, 1.807) is 7.11 Å². The van der Waals surface area contributed by atoms with Crippen molar-refractivity contribution in [2.75, 3.05) is 7.11 Å². The first-order valence-corrected chi connectivity index (χ1v) is 6.84.